The molecule has 0 spiro atoms. The molecule has 4 rings (SSSR count). The van der Waals surface area contributed by atoms with Crippen LogP contribution in [0.15, 0.2) is 64.7 Å². The van der Waals surface area contributed by atoms with Gasteiger partial charge in [-0.2, -0.15) is 4.31 Å². The average Bonchev–Trinajstić information content (AvgIpc) is 2.89. The van der Waals surface area contributed by atoms with E-state index in [1.807, 2.05) is 18.7 Å². The number of hydrogen-bond donors (Lipinski definition) is 1. The van der Waals surface area contributed by atoms with Crippen molar-refractivity contribution in [2.24, 2.45) is 0 Å². The van der Waals surface area contributed by atoms with E-state index in [1.165, 1.54) is 27.4 Å². The third-order valence-electron chi connectivity index (χ3n) is 7.08. The summed E-state index contributed by atoms with van der Waals surface area (Å²) in [5, 5.41) is 2.83. The highest BCUT2D eigenvalue weighted by molar-refractivity contribution is 7.89. The zero-order valence-electron chi connectivity index (χ0n) is 22.7. The van der Waals surface area contributed by atoms with Crippen LogP contribution in [0.2, 0.25) is 0 Å². The minimum atomic E-state index is -3.68. The summed E-state index contributed by atoms with van der Waals surface area (Å²) in [5.74, 6) is -1.07. The van der Waals surface area contributed by atoms with E-state index in [0.717, 1.165) is 5.56 Å². The van der Waals surface area contributed by atoms with Gasteiger partial charge in [0.1, 0.15) is 5.82 Å². The third kappa shape index (κ3) is 6.00. The highest BCUT2D eigenvalue weighted by Gasteiger charge is 2.40. The van der Waals surface area contributed by atoms with E-state index in [1.54, 1.807) is 44.2 Å². The summed E-state index contributed by atoms with van der Waals surface area (Å²) in [5.41, 5.74) is 2.12. The molecule has 2 aliphatic rings. The molecule has 1 saturated heterocycles. The maximum atomic E-state index is 14.1. The summed E-state index contributed by atoms with van der Waals surface area (Å²) in [6, 6.07) is 10.9. The second-order valence-corrected chi connectivity index (χ2v) is 11.7. The van der Waals surface area contributed by atoms with Crippen molar-refractivity contribution in [1.82, 2.24) is 19.4 Å². The first-order valence-electron chi connectivity index (χ1n) is 13.1. The van der Waals surface area contributed by atoms with Gasteiger partial charge in [-0.15, -0.1) is 0 Å². The molecular weight excluding hydrogens is 523 g/mol. The molecule has 39 heavy (non-hydrogen) atoms. The Morgan fingerprint density at radius 2 is 1.85 bits per heavy atom. The normalized spacial score (nSPS) is 21.2. The Morgan fingerprint density at radius 1 is 1.13 bits per heavy atom. The number of piperazine rings is 1. The lowest BCUT2D eigenvalue weighted by Crippen LogP contribution is -2.56. The van der Waals surface area contributed by atoms with E-state index in [4.69, 9.17) is 4.74 Å². The second-order valence-electron chi connectivity index (χ2n) is 9.78. The summed E-state index contributed by atoms with van der Waals surface area (Å²) in [4.78, 5) is 30.2. The van der Waals surface area contributed by atoms with Gasteiger partial charge in [-0.1, -0.05) is 29.8 Å². The highest BCUT2D eigenvalue weighted by atomic mass is 32.2. The van der Waals surface area contributed by atoms with Gasteiger partial charge in [0.15, 0.2) is 0 Å². The Hall–Kier alpha value is -3.28. The Balaban J connectivity index is 1.65. The zero-order valence-corrected chi connectivity index (χ0v) is 23.5. The van der Waals surface area contributed by atoms with E-state index >= 15 is 0 Å². The summed E-state index contributed by atoms with van der Waals surface area (Å²) in [6.07, 6.45) is 0. The van der Waals surface area contributed by atoms with Crippen molar-refractivity contribution in [3.8, 4) is 0 Å². The van der Waals surface area contributed by atoms with E-state index in [-0.39, 0.29) is 36.2 Å². The Kier molecular flexibility index (Phi) is 8.73. The third-order valence-corrected chi connectivity index (χ3v) is 9.11. The number of aryl methyl sites for hydroxylation is 1. The number of benzene rings is 2. The van der Waals surface area contributed by atoms with Gasteiger partial charge in [0.05, 0.1) is 23.1 Å². The monoisotopic (exact) mass is 558 g/mol. The molecule has 9 nitrogen and oxygen atoms in total. The largest absolute Gasteiger partial charge is 0.463 e. The molecule has 0 bridgehead atoms. The van der Waals surface area contributed by atoms with Gasteiger partial charge in [-0.3, -0.25) is 9.80 Å². The quantitative estimate of drug-likeness (QED) is 0.499. The first-order valence-corrected chi connectivity index (χ1v) is 14.5. The van der Waals surface area contributed by atoms with E-state index in [9.17, 15) is 22.4 Å². The number of hydrogen-bond acceptors (Lipinski definition) is 6. The van der Waals surface area contributed by atoms with Gasteiger partial charge >= 0.3 is 12.0 Å². The fraction of sp³-hybridized carbons (Fsp3) is 0.429. The molecule has 0 radical (unpaired) electrons. The molecule has 2 heterocycles. The van der Waals surface area contributed by atoms with Gasteiger partial charge < -0.3 is 10.1 Å². The van der Waals surface area contributed by atoms with E-state index in [0.29, 0.717) is 30.9 Å². The van der Waals surface area contributed by atoms with Crippen molar-refractivity contribution >= 4 is 22.0 Å². The topological polar surface area (TPSA) is 99.3 Å². The predicted molar refractivity (Wildman–Crippen MR) is 145 cm³/mol. The number of rotatable bonds is 8. The number of ether oxygens (including phenoxy) is 1. The summed E-state index contributed by atoms with van der Waals surface area (Å²) in [6.45, 7) is 8.97. The molecule has 1 fully saturated rings. The molecule has 1 N–H and O–H groups in total. The number of amides is 2. The average molecular weight is 559 g/mol. The van der Waals surface area contributed by atoms with Gasteiger partial charge in [-0.05, 0) is 57.5 Å². The van der Waals surface area contributed by atoms with Gasteiger partial charge in [0.2, 0.25) is 10.0 Å². The van der Waals surface area contributed by atoms with Crippen LogP contribution < -0.4 is 5.32 Å². The van der Waals surface area contributed by atoms with E-state index < -0.39 is 33.9 Å². The zero-order chi connectivity index (χ0) is 28.3. The number of carbonyl (C=O) groups excluding carboxylic acids is 2. The molecule has 2 amide bonds. The van der Waals surface area contributed by atoms with E-state index in [2.05, 4.69) is 5.32 Å². The highest BCUT2D eigenvalue weighted by Crippen LogP contribution is 2.33. The van der Waals surface area contributed by atoms with Crippen molar-refractivity contribution in [2.75, 3.05) is 39.3 Å². The van der Waals surface area contributed by atoms with Crippen LogP contribution in [-0.2, 0) is 19.6 Å². The number of urea groups is 1. The minimum Gasteiger partial charge on any atom is -0.463 e. The predicted octanol–water partition coefficient (Wildman–Crippen LogP) is 3.43. The van der Waals surface area contributed by atoms with Gasteiger partial charge in [0.25, 0.3) is 0 Å². The van der Waals surface area contributed by atoms with Crippen LogP contribution in [0.1, 0.15) is 37.9 Å². The number of halogens is 1. The molecule has 0 aliphatic carbocycles. The second kappa shape index (κ2) is 11.8. The lowest BCUT2D eigenvalue weighted by Gasteiger charge is -2.42. The fourth-order valence-electron chi connectivity index (χ4n) is 5.17. The molecule has 2 aliphatic heterocycles. The lowest BCUT2D eigenvalue weighted by atomic mass is 9.94. The summed E-state index contributed by atoms with van der Waals surface area (Å²) < 4.78 is 47.6. The maximum absolute atomic E-state index is 14.1. The molecule has 0 saturated carbocycles. The Bertz CT molecular complexity index is 1360. The Morgan fingerprint density at radius 3 is 2.46 bits per heavy atom. The van der Waals surface area contributed by atoms with Gasteiger partial charge in [-0.25, -0.2) is 22.4 Å². The molecule has 2 atom stereocenters. The SMILES string of the molecule is CCOC(=O)C1=C(CN2CCN(S(=O)(=O)c3ccc(C)cc3)[C@H](C)C2)N(CC)C(=O)N[C@H]1c1cccc(F)c1. The lowest BCUT2D eigenvalue weighted by molar-refractivity contribution is -0.139. The van der Waals surface area contributed by atoms with Crippen LogP contribution in [0, 0.1) is 12.7 Å². The minimum absolute atomic E-state index is 0.137. The number of nitrogens with one attached hydrogen (secondary N) is 1. The van der Waals surface area contributed by atoms with Crippen molar-refractivity contribution in [3.05, 3.63) is 76.7 Å². The first kappa shape index (κ1) is 28.7. The van der Waals surface area contributed by atoms with Crippen LogP contribution in [0.5, 0.6) is 0 Å². The van der Waals surface area contributed by atoms with Crippen LogP contribution in [0.4, 0.5) is 9.18 Å². The maximum Gasteiger partial charge on any atom is 0.338 e. The molecule has 2 aromatic rings. The van der Waals surface area contributed by atoms with Crippen LogP contribution in [0.25, 0.3) is 0 Å². The fourth-order valence-corrected chi connectivity index (χ4v) is 6.78. The standard InChI is InChI=1S/C28H35FN4O5S/c1-5-32-24(25(27(34)38-6-2)26(30-28(32)35)21-8-7-9-22(29)16-21)18-31-14-15-33(20(4)17-31)39(36,37)23-12-10-19(3)11-13-23/h7-13,16,20,26H,5-6,14-15,17-18H2,1-4H3,(H,30,35)/t20-,26+/m1/s1. The number of carbonyl (C=O) groups is 2. The molecule has 0 unspecified atom stereocenters. The van der Waals surface area contributed by atoms with Gasteiger partial charge in [0, 0.05) is 44.5 Å². The molecular formula is C28H35FN4O5S. The molecule has 0 aromatic heterocycles. The summed E-state index contributed by atoms with van der Waals surface area (Å²) >= 11 is 0. The van der Waals surface area contributed by atoms with Crippen LogP contribution in [-0.4, -0.2) is 79.9 Å². The summed E-state index contributed by atoms with van der Waals surface area (Å²) in [7, 11) is -3.68. The smallest absolute Gasteiger partial charge is 0.338 e. The molecule has 11 heteroatoms. The molecule has 2 aromatic carbocycles. The van der Waals surface area contributed by atoms with Crippen LogP contribution >= 0.6 is 0 Å². The first-order chi connectivity index (χ1) is 18.6. The number of esters is 1. The number of nitrogens with zero attached hydrogens (tertiary/aromatic N) is 3. The molecule has 210 valence electrons. The number of likely N-dealkylation sites (N-methyl/N-ethyl adjacent to an activating group) is 1. The van der Waals surface area contributed by atoms with Crippen LogP contribution in [0.3, 0.4) is 0 Å². The van der Waals surface area contributed by atoms with Crippen molar-refractivity contribution in [2.45, 2.75) is 44.7 Å². The Labute approximate surface area is 229 Å². The number of sulfonamides is 1. The van der Waals surface area contributed by atoms with Crippen molar-refractivity contribution in [3.63, 3.8) is 0 Å². The van der Waals surface area contributed by atoms with Crippen molar-refractivity contribution < 1.29 is 27.1 Å². The van der Waals surface area contributed by atoms with Crippen molar-refractivity contribution in [1.29, 1.82) is 0 Å².